The van der Waals surface area contributed by atoms with Gasteiger partial charge in [0.2, 0.25) is 11.8 Å². The maximum atomic E-state index is 12.8. The SMILES string of the molecule is CS(=O)(=O)C(c1nnc(C#CC2=C(O)N(C3CC3)S(=O)(=O)N2)o1)c1nc2ccc(-c3ccccc3)cc2s1. The van der Waals surface area contributed by atoms with Crippen molar-refractivity contribution >= 4 is 41.6 Å². The number of thiazole rings is 1. The highest BCUT2D eigenvalue weighted by Gasteiger charge is 2.44. The zero-order valence-corrected chi connectivity index (χ0v) is 22.1. The summed E-state index contributed by atoms with van der Waals surface area (Å²) in [6, 6.07) is 15.2. The molecule has 38 heavy (non-hydrogen) atoms. The summed E-state index contributed by atoms with van der Waals surface area (Å²) in [7, 11) is -7.70. The quantitative estimate of drug-likeness (QED) is 0.345. The first-order chi connectivity index (χ1) is 18.1. The van der Waals surface area contributed by atoms with E-state index in [1.807, 2.05) is 48.5 Å². The van der Waals surface area contributed by atoms with Gasteiger partial charge in [-0.25, -0.2) is 17.7 Å². The number of aromatic nitrogens is 3. The van der Waals surface area contributed by atoms with Crippen LogP contribution in [-0.4, -0.2) is 53.7 Å². The van der Waals surface area contributed by atoms with Crippen molar-refractivity contribution in [2.24, 2.45) is 0 Å². The molecule has 3 heterocycles. The highest BCUT2D eigenvalue weighted by molar-refractivity contribution is 7.91. The van der Waals surface area contributed by atoms with Crippen LogP contribution in [0.25, 0.3) is 21.3 Å². The number of sulfone groups is 1. The topological polar surface area (TPSA) is 156 Å². The van der Waals surface area contributed by atoms with E-state index in [4.69, 9.17) is 4.42 Å². The first-order valence-electron chi connectivity index (χ1n) is 11.4. The normalized spacial score (nSPS) is 17.8. The lowest BCUT2D eigenvalue weighted by Gasteiger charge is -2.14. The Bertz CT molecular complexity index is 1880. The van der Waals surface area contributed by atoms with E-state index in [0.29, 0.717) is 18.4 Å². The first kappa shape index (κ1) is 24.4. The molecular formula is C24H19N5O6S3. The third-order valence-corrected chi connectivity index (χ3v) is 9.89. The van der Waals surface area contributed by atoms with Crippen LogP contribution in [0, 0.1) is 11.8 Å². The van der Waals surface area contributed by atoms with Crippen LogP contribution >= 0.6 is 11.3 Å². The van der Waals surface area contributed by atoms with Crippen molar-refractivity contribution < 1.29 is 26.4 Å². The van der Waals surface area contributed by atoms with Crippen molar-refractivity contribution in [2.75, 3.05) is 6.26 Å². The van der Waals surface area contributed by atoms with Crippen molar-refractivity contribution in [1.82, 2.24) is 24.2 Å². The number of hydrogen-bond donors (Lipinski definition) is 2. The van der Waals surface area contributed by atoms with Crippen molar-refractivity contribution in [3.8, 4) is 23.0 Å². The average molecular weight is 570 g/mol. The Morgan fingerprint density at radius 1 is 1.13 bits per heavy atom. The number of nitrogens with one attached hydrogen (secondary N) is 1. The monoisotopic (exact) mass is 569 g/mol. The highest BCUT2D eigenvalue weighted by Crippen LogP contribution is 2.37. The minimum absolute atomic E-state index is 0.219. The molecule has 2 N–H and O–H groups in total. The minimum atomic E-state index is -3.92. The number of aliphatic hydroxyl groups excluding tert-OH is 1. The fourth-order valence-electron chi connectivity index (χ4n) is 4.05. The Kier molecular flexibility index (Phi) is 5.67. The number of aliphatic hydroxyl groups is 1. The van der Waals surface area contributed by atoms with Crippen LogP contribution in [0.3, 0.4) is 0 Å². The van der Waals surface area contributed by atoms with E-state index in [-0.39, 0.29) is 28.5 Å². The number of hydrogen-bond acceptors (Lipinski definition) is 10. The second kappa shape index (κ2) is 8.83. The van der Waals surface area contributed by atoms with Gasteiger partial charge in [-0.05, 0) is 42.0 Å². The molecule has 11 nitrogen and oxygen atoms in total. The summed E-state index contributed by atoms with van der Waals surface area (Å²) in [5, 5.41) is 16.9. The third kappa shape index (κ3) is 4.49. The minimum Gasteiger partial charge on any atom is -0.492 e. The van der Waals surface area contributed by atoms with Gasteiger partial charge in [0, 0.05) is 12.2 Å². The lowest BCUT2D eigenvalue weighted by Crippen LogP contribution is -2.33. The number of fused-ring (bicyclic) bond motifs is 1. The Morgan fingerprint density at radius 3 is 2.61 bits per heavy atom. The van der Waals surface area contributed by atoms with E-state index in [1.165, 1.54) is 11.3 Å². The number of nitrogens with zero attached hydrogens (tertiary/aromatic N) is 4. The van der Waals surface area contributed by atoms with Crippen LogP contribution in [0.4, 0.5) is 0 Å². The molecule has 0 bridgehead atoms. The van der Waals surface area contributed by atoms with Crippen molar-refractivity contribution in [2.45, 2.75) is 24.1 Å². The van der Waals surface area contributed by atoms with E-state index in [2.05, 4.69) is 31.7 Å². The summed E-state index contributed by atoms with van der Waals surface area (Å²) in [6.45, 7) is 0. The van der Waals surface area contributed by atoms with Gasteiger partial charge in [0.1, 0.15) is 5.01 Å². The summed E-state index contributed by atoms with van der Waals surface area (Å²) in [6.07, 6.45) is 2.34. The number of allylic oxidation sites excluding steroid dienone is 1. The standard InChI is InChI=1S/C24H19N5O6S3/c1-37(31,32)21(23-25-17-10-7-15(13-19(17)36-23)14-5-3-2-4-6-14)22-27-26-20(35-22)12-11-18-24(30)29(16-8-9-16)38(33,34)28-18/h2-7,10,13,16,21,28,30H,8-9H2,1H3. The van der Waals surface area contributed by atoms with Gasteiger partial charge in [-0.2, -0.15) is 8.42 Å². The van der Waals surface area contributed by atoms with Gasteiger partial charge < -0.3 is 9.52 Å². The molecule has 14 heteroatoms. The molecule has 0 spiro atoms. The van der Waals surface area contributed by atoms with Gasteiger partial charge in [-0.1, -0.05) is 41.5 Å². The number of rotatable bonds is 5. The molecule has 1 unspecified atom stereocenters. The fourth-order valence-corrected chi connectivity index (χ4v) is 8.00. The maximum Gasteiger partial charge on any atom is 0.327 e. The van der Waals surface area contributed by atoms with Crippen molar-refractivity contribution in [3.05, 3.63) is 76.9 Å². The lowest BCUT2D eigenvalue weighted by molar-refractivity contribution is 0.281. The second-order valence-electron chi connectivity index (χ2n) is 8.84. The van der Waals surface area contributed by atoms with E-state index < -0.39 is 31.2 Å². The highest BCUT2D eigenvalue weighted by atomic mass is 32.2. The molecule has 2 aromatic carbocycles. The molecule has 2 aliphatic rings. The van der Waals surface area contributed by atoms with Crippen molar-refractivity contribution in [1.29, 1.82) is 0 Å². The Morgan fingerprint density at radius 2 is 1.89 bits per heavy atom. The molecule has 0 amide bonds. The molecule has 2 aromatic heterocycles. The molecule has 0 radical (unpaired) electrons. The van der Waals surface area contributed by atoms with Gasteiger partial charge in [-0.3, -0.25) is 4.72 Å². The molecule has 1 aliphatic carbocycles. The summed E-state index contributed by atoms with van der Waals surface area (Å²) in [4.78, 5) is 4.52. The molecule has 4 aromatic rings. The molecule has 1 fully saturated rings. The molecule has 1 saturated carbocycles. The van der Waals surface area contributed by atoms with Gasteiger partial charge in [0.05, 0.1) is 16.3 Å². The summed E-state index contributed by atoms with van der Waals surface area (Å²) in [5.74, 6) is 4.01. The molecule has 0 saturated heterocycles. The molecule has 1 aliphatic heterocycles. The number of benzene rings is 2. The lowest BCUT2D eigenvalue weighted by atomic mass is 10.1. The third-order valence-electron chi connectivity index (χ3n) is 5.92. The predicted octanol–water partition coefficient (Wildman–Crippen LogP) is 2.87. The van der Waals surface area contributed by atoms with Gasteiger partial charge in [-0.15, -0.1) is 16.4 Å². The van der Waals surface area contributed by atoms with E-state index in [9.17, 15) is 21.9 Å². The van der Waals surface area contributed by atoms with E-state index >= 15 is 0 Å². The van der Waals surface area contributed by atoms with E-state index in [1.54, 1.807) is 0 Å². The average Bonchev–Trinajstić information content (AvgIpc) is 3.34. The Hall–Kier alpha value is -3.93. The second-order valence-corrected chi connectivity index (χ2v) is 13.6. The molecular weight excluding hydrogens is 550 g/mol. The zero-order valence-electron chi connectivity index (χ0n) is 19.7. The smallest absolute Gasteiger partial charge is 0.327 e. The Balaban J connectivity index is 1.32. The molecule has 1 atom stereocenters. The van der Waals surface area contributed by atoms with Gasteiger partial charge in [0.15, 0.2) is 20.8 Å². The van der Waals surface area contributed by atoms with Crippen LogP contribution in [0.15, 0.2) is 64.5 Å². The van der Waals surface area contributed by atoms with Crippen molar-refractivity contribution in [3.63, 3.8) is 0 Å². The molecule has 6 rings (SSSR count). The van der Waals surface area contributed by atoms with E-state index in [0.717, 1.165) is 26.4 Å². The van der Waals surface area contributed by atoms with Crippen LogP contribution in [0.1, 0.15) is 34.9 Å². The fraction of sp³-hybridized carbons (Fsp3) is 0.208. The summed E-state index contributed by atoms with van der Waals surface area (Å²) < 4.78 is 59.4. The zero-order chi connectivity index (χ0) is 26.7. The first-order valence-corrected chi connectivity index (χ1v) is 15.6. The molecule has 194 valence electrons. The maximum absolute atomic E-state index is 12.8. The van der Waals surface area contributed by atoms with Gasteiger partial charge >= 0.3 is 10.2 Å². The predicted molar refractivity (Wildman–Crippen MR) is 139 cm³/mol. The largest absolute Gasteiger partial charge is 0.492 e. The summed E-state index contributed by atoms with van der Waals surface area (Å²) in [5.41, 5.74) is 2.40. The van der Waals surface area contributed by atoms with Crippen LogP contribution < -0.4 is 4.72 Å². The van der Waals surface area contributed by atoms with Crippen LogP contribution in [-0.2, 0) is 20.0 Å². The Labute approximate surface area is 221 Å². The van der Waals surface area contributed by atoms with Crippen LogP contribution in [0.2, 0.25) is 0 Å². The summed E-state index contributed by atoms with van der Waals surface area (Å²) >= 11 is 1.21. The van der Waals surface area contributed by atoms with Gasteiger partial charge in [0.25, 0.3) is 5.89 Å². The van der Waals surface area contributed by atoms with Crippen LogP contribution in [0.5, 0.6) is 0 Å².